The van der Waals surface area contributed by atoms with Crippen molar-refractivity contribution in [1.82, 2.24) is 9.97 Å². The van der Waals surface area contributed by atoms with E-state index in [1.54, 1.807) is 11.8 Å². The van der Waals surface area contributed by atoms with Crippen LogP contribution in [0.2, 0.25) is 0 Å². The average Bonchev–Trinajstić information content (AvgIpc) is 2.51. The summed E-state index contributed by atoms with van der Waals surface area (Å²) in [7, 11) is 0. The molecule has 1 aliphatic rings. The van der Waals surface area contributed by atoms with Crippen molar-refractivity contribution in [3.05, 3.63) is 40.3 Å². The third-order valence-electron chi connectivity index (χ3n) is 3.17. The highest BCUT2D eigenvalue weighted by Gasteiger charge is 2.25. The van der Waals surface area contributed by atoms with Crippen LogP contribution in [-0.2, 0) is 0 Å². The van der Waals surface area contributed by atoms with Crippen LogP contribution in [-0.4, -0.2) is 22.3 Å². The fourth-order valence-electron chi connectivity index (χ4n) is 2.16. The number of para-hydroxylation sites is 1. The van der Waals surface area contributed by atoms with E-state index >= 15 is 0 Å². The lowest BCUT2D eigenvalue weighted by molar-refractivity contribution is 0.210. The number of anilines is 1. The maximum atomic E-state index is 6.06. The highest BCUT2D eigenvalue weighted by atomic mass is 79.9. The molecule has 110 valence electrons. The summed E-state index contributed by atoms with van der Waals surface area (Å²) in [5.74, 6) is 3.29. The lowest BCUT2D eigenvalue weighted by atomic mass is 10.3. The molecule has 3 rings (SSSR count). The molecule has 2 heterocycles. The van der Waals surface area contributed by atoms with Crippen molar-refractivity contribution in [2.45, 2.75) is 24.8 Å². The molecule has 1 N–H and O–H groups in total. The van der Waals surface area contributed by atoms with Gasteiger partial charge in [-0.05, 0) is 41.9 Å². The van der Waals surface area contributed by atoms with E-state index in [0.29, 0.717) is 0 Å². The van der Waals surface area contributed by atoms with E-state index < -0.39 is 0 Å². The van der Waals surface area contributed by atoms with Crippen molar-refractivity contribution in [2.75, 3.05) is 17.6 Å². The second kappa shape index (κ2) is 6.23. The Morgan fingerprint density at radius 1 is 1.38 bits per heavy atom. The Kier molecular flexibility index (Phi) is 4.35. The van der Waals surface area contributed by atoms with Crippen LogP contribution in [0.25, 0.3) is 0 Å². The molecule has 0 bridgehead atoms. The van der Waals surface area contributed by atoms with Gasteiger partial charge in [0.1, 0.15) is 11.6 Å². The number of aryl methyl sites for hydroxylation is 1. The zero-order valence-corrected chi connectivity index (χ0v) is 14.3. The predicted octanol–water partition coefficient (Wildman–Crippen LogP) is 4.21. The van der Waals surface area contributed by atoms with Gasteiger partial charge in [0.15, 0.2) is 11.9 Å². The Hall–Kier alpha value is -1.27. The summed E-state index contributed by atoms with van der Waals surface area (Å²) in [6.45, 7) is 4.84. The Bertz CT molecular complexity index is 665. The number of halogens is 1. The van der Waals surface area contributed by atoms with Crippen LogP contribution < -0.4 is 10.1 Å². The molecule has 21 heavy (non-hydrogen) atoms. The maximum Gasteiger partial charge on any atom is 0.172 e. The molecule has 0 fully saturated rings. The van der Waals surface area contributed by atoms with E-state index in [9.17, 15) is 0 Å². The number of hydrogen-bond acceptors (Lipinski definition) is 5. The number of fused-ring (bicyclic) bond motifs is 1. The summed E-state index contributed by atoms with van der Waals surface area (Å²) in [6.07, 6.45) is -0.117. The normalized spacial score (nSPS) is 17.0. The molecule has 0 amide bonds. The fraction of sp³-hybridized carbons (Fsp3) is 0.333. The molecule has 0 saturated carbocycles. The number of hydrogen-bond donors (Lipinski definition) is 1. The Balaban J connectivity index is 1.91. The number of aromatic nitrogens is 2. The highest BCUT2D eigenvalue weighted by molar-refractivity contribution is 9.10. The molecule has 6 heteroatoms. The van der Waals surface area contributed by atoms with Crippen LogP contribution >= 0.6 is 27.7 Å². The van der Waals surface area contributed by atoms with Crippen LogP contribution in [0.15, 0.2) is 33.6 Å². The standard InChI is InChI=1S/C15H16BrN3OS/c1-3-17-15-13(16)9(2)18-14(19-15)11-8-21-12-7-5-4-6-10(12)20-11/h4-7,11H,3,8H2,1-2H3,(H,17,18,19). The summed E-state index contributed by atoms with van der Waals surface area (Å²) >= 11 is 5.32. The number of thioether (sulfide) groups is 1. The molecule has 0 aliphatic carbocycles. The first kappa shape index (κ1) is 14.7. The summed E-state index contributed by atoms with van der Waals surface area (Å²) in [5, 5.41) is 3.25. The van der Waals surface area contributed by atoms with Gasteiger partial charge >= 0.3 is 0 Å². The number of nitrogens with one attached hydrogen (secondary N) is 1. The van der Waals surface area contributed by atoms with Crippen molar-refractivity contribution in [1.29, 1.82) is 0 Å². The highest BCUT2D eigenvalue weighted by Crippen LogP contribution is 2.40. The van der Waals surface area contributed by atoms with Gasteiger partial charge in [0.25, 0.3) is 0 Å². The second-order valence-electron chi connectivity index (χ2n) is 4.72. The van der Waals surface area contributed by atoms with E-state index in [1.165, 1.54) is 4.90 Å². The summed E-state index contributed by atoms with van der Waals surface area (Å²) in [6, 6.07) is 8.08. The van der Waals surface area contributed by atoms with Gasteiger partial charge in [-0.15, -0.1) is 11.8 Å². The lowest BCUT2D eigenvalue weighted by Crippen LogP contribution is -2.19. The van der Waals surface area contributed by atoms with E-state index in [-0.39, 0.29) is 6.10 Å². The van der Waals surface area contributed by atoms with Crippen molar-refractivity contribution in [2.24, 2.45) is 0 Å². The molecule has 1 aromatic carbocycles. The van der Waals surface area contributed by atoms with Crippen molar-refractivity contribution < 1.29 is 4.74 Å². The monoisotopic (exact) mass is 365 g/mol. The molecule has 0 spiro atoms. The quantitative estimate of drug-likeness (QED) is 0.882. The fourth-order valence-corrected chi connectivity index (χ4v) is 3.45. The molecule has 1 aromatic heterocycles. The Labute approximate surface area is 136 Å². The average molecular weight is 366 g/mol. The first-order chi connectivity index (χ1) is 10.2. The van der Waals surface area contributed by atoms with Crippen LogP contribution in [0, 0.1) is 6.92 Å². The Morgan fingerprint density at radius 2 is 2.19 bits per heavy atom. The first-order valence-electron chi connectivity index (χ1n) is 6.85. The maximum absolute atomic E-state index is 6.06. The van der Waals surface area contributed by atoms with Gasteiger partial charge < -0.3 is 10.1 Å². The number of rotatable bonds is 3. The first-order valence-corrected chi connectivity index (χ1v) is 8.63. The van der Waals surface area contributed by atoms with E-state index in [1.807, 2.05) is 32.0 Å². The zero-order valence-electron chi connectivity index (χ0n) is 11.9. The largest absolute Gasteiger partial charge is 0.480 e. The van der Waals surface area contributed by atoms with Gasteiger partial charge in [-0.2, -0.15) is 0 Å². The number of ether oxygens (including phenoxy) is 1. The van der Waals surface area contributed by atoms with Crippen molar-refractivity contribution in [3.63, 3.8) is 0 Å². The van der Waals surface area contributed by atoms with Crippen LogP contribution in [0.4, 0.5) is 5.82 Å². The molecular weight excluding hydrogens is 350 g/mol. The third-order valence-corrected chi connectivity index (χ3v) is 5.24. The van der Waals surface area contributed by atoms with Crippen LogP contribution in [0.5, 0.6) is 5.75 Å². The summed E-state index contributed by atoms with van der Waals surface area (Å²) < 4.78 is 6.97. The van der Waals surface area contributed by atoms with Gasteiger partial charge in [0, 0.05) is 17.2 Å². The van der Waals surface area contributed by atoms with Crippen molar-refractivity contribution >= 4 is 33.5 Å². The van der Waals surface area contributed by atoms with Gasteiger partial charge in [-0.1, -0.05) is 12.1 Å². The topological polar surface area (TPSA) is 47.0 Å². The minimum Gasteiger partial charge on any atom is -0.480 e. The minimum atomic E-state index is -0.117. The Morgan fingerprint density at radius 3 is 3.00 bits per heavy atom. The lowest BCUT2D eigenvalue weighted by Gasteiger charge is -2.25. The number of benzene rings is 1. The van der Waals surface area contributed by atoms with Crippen LogP contribution in [0.3, 0.4) is 0 Å². The zero-order chi connectivity index (χ0) is 14.8. The van der Waals surface area contributed by atoms with E-state index in [4.69, 9.17) is 4.74 Å². The summed E-state index contributed by atoms with van der Waals surface area (Å²) in [5.41, 5.74) is 0.920. The predicted molar refractivity (Wildman–Crippen MR) is 89.2 cm³/mol. The SMILES string of the molecule is CCNc1nc(C2CSc3ccccc3O2)nc(C)c1Br. The molecule has 1 unspecified atom stereocenters. The second-order valence-corrected chi connectivity index (χ2v) is 6.58. The summed E-state index contributed by atoms with van der Waals surface area (Å²) in [4.78, 5) is 10.4. The molecule has 4 nitrogen and oxygen atoms in total. The van der Waals surface area contributed by atoms with Gasteiger partial charge in [-0.3, -0.25) is 0 Å². The van der Waals surface area contributed by atoms with E-state index in [0.717, 1.165) is 39.9 Å². The molecular formula is C15H16BrN3OS. The number of nitrogens with zero attached hydrogens (tertiary/aromatic N) is 2. The molecule has 1 aliphatic heterocycles. The van der Waals surface area contributed by atoms with Gasteiger partial charge in [0.05, 0.1) is 10.2 Å². The molecule has 2 aromatic rings. The van der Waals surface area contributed by atoms with Gasteiger partial charge in [-0.25, -0.2) is 9.97 Å². The molecule has 0 radical (unpaired) electrons. The third kappa shape index (κ3) is 3.01. The van der Waals surface area contributed by atoms with E-state index in [2.05, 4.69) is 37.3 Å². The van der Waals surface area contributed by atoms with Crippen molar-refractivity contribution in [3.8, 4) is 5.75 Å². The molecule has 1 atom stereocenters. The van der Waals surface area contributed by atoms with Gasteiger partial charge in [0.2, 0.25) is 0 Å². The smallest absolute Gasteiger partial charge is 0.172 e. The minimum absolute atomic E-state index is 0.117. The van der Waals surface area contributed by atoms with Crippen LogP contribution in [0.1, 0.15) is 24.5 Å². The molecule has 0 saturated heterocycles.